The Morgan fingerprint density at radius 3 is 2.02 bits per heavy atom. The van der Waals surface area contributed by atoms with Crippen molar-refractivity contribution in [2.24, 2.45) is 11.5 Å². The number of rotatable bonds is 15. The van der Waals surface area contributed by atoms with Gasteiger partial charge in [-0.15, -0.1) is 0 Å². The number of primary amides is 1. The largest absolute Gasteiger partial charge is 0.480 e. The molecule has 1 heterocycles. The van der Waals surface area contributed by atoms with Gasteiger partial charge in [0.2, 0.25) is 23.6 Å². The van der Waals surface area contributed by atoms with Crippen molar-refractivity contribution in [1.29, 1.82) is 0 Å². The summed E-state index contributed by atoms with van der Waals surface area (Å²) in [4.78, 5) is 65.9. The van der Waals surface area contributed by atoms with Crippen molar-refractivity contribution in [3.8, 4) is 0 Å². The van der Waals surface area contributed by atoms with Crippen LogP contribution in [0.4, 0.5) is 0 Å². The van der Waals surface area contributed by atoms with Gasteiger partial charge >= 0.3 is 5.97 Å². The average molecular weight is 581 g/mol. The molecule has 5 atom stereocenters. The number of aromatic amines is 1. The molecule has 1 aromatic heterocycles. The summed E-state index contributed by atoms with van der Waals surface area (Å²) in [5, 5.41) is 27.8. The summed E-state index contributed by atoms with van der Waals surface area (Å²) in [5.74, 6) is -4.40. The van der Waals surface area contributed by atoms with Gasteiger partial charge in [-0.3, -0.25) is 19.2 Å². The van der Waals surface area contributed by atoms with E-state index < -0.39 is 59.9 Å². The number of amides is 4. The highest BCUT2D eigenvalue weighted by Gasteiger charge is 2.32. The number of carbonyl (C=O) groups excluding carboxylic acids is 4. The number of H-pyrrole nitrogens is 1. The van der Waals surface area contributed by atoms with E-state index in [-0.39, 0.29) is 25.7 Å². The van der Waals surface area contributed by atoms with Crippen LogP contribution >= 0.6 is 0 Å². The van der Waals surface area contributed by atoms with Crippen LogP contribution < -0.4 is 27.4 Å². The van der Waals surface area contributed by atoms with Gasteiger partial charge in [0.1, 0.15) is 24.2 Å². The number of nitrogens with one attached hydrogen (secondary N) is 4. The second kappa shape index (κ2) is 14.8. The van der Waals surface area contributed by atoms with Crippen LogP contribution in [0.15, 0.2) is 60.8 Å². The highest BCUT2D eigenvalue weighted by atomic mass is 16.4. The predicted octanol–water partition coefficient (Wildman–Crippen LogP) is -0.534. The molecule has 0 saturated carbocycles. The molecule has 13 heteroatoms. The van der Waals surface area contributed by atoms with Crippen LogP contribution in [-0.2, 0) is 36.8 Å². The zero-order valence-corrected chi connectivity index (χ0v) is 23.1. The third kappa shape index (κ3) is 8.88. The van der Waals surface area contributed by atoms with E-state index in [1.165, 1.54) is 6.92 Å². The van der Waals surface area contributed by atoms with Crippen molar-refractivity contribution in [3.63, 3.8) is 0 Å². The lowest BCUT2D eigenvalue weighted by Gasteiger charge is -2.26. The number of para-hydroxylation sites is 1. The number of aliphatic carboxylic acids is 1. The fraction of sp³-hybridized carbons (Fsp3) is 0.345. The van der Waals surface area contributed by atoms with Gasteiger partial charge in [-0.05, 0) is 30.5 Å². The minimum Gasteiger partial charge on any atom is -0.480 e. The van der Waals surface area contributed by atoms with E-state index in [1.807, 2.05) is 24.3 Å². The number of aliphatic hydroxyl groups excluding tert-OH is 1. The van der Waals surface area contributed by atoms with Crippen LogP contribution in [0.25, 0.3) is 10.9 Å². The second-order valence-electron chi connectivity index (χ2n) is 10.0. The third-order valence-corrected chi connectivity index (χ3v) is 6.76. The molecule has 0 spiro atoms. The molecule has 13 nitrogen and oxygen atoms in total. The van der Waals surface area contributed by atoms with Gasteiger partial charge < -0.3 is 42.6 Å². The van der Waals surface area contributed by atoms with E-state index >= 15 is 0 Å². The van der Waals surface area contributed by atoms with Gasteiger partial charge in [0.05, 0.1) is 6.10 Å². The molecule has 0 fully saturated rings. The Labute approximate surface area is 242 Å². The van der Waals surface area contributed by atoms with Crippen molar-refractivity contribution in [3.05, 3.63) is 71.9 Å². The molecular formula is C29H36N6O7. The molecular weight excluding hydrogens is 544 g/mol. The molecule has 0 saturated heterocycles. The molecule has 0 radical (unpaired) electrons. The highest BCUT2D eigenvalue weighted by Crippen LogP contribution is 2.19. The van der Waals surface area contributed by atoms with E-state index in [4.69, 9.17) is 11.5 Å². The lowest BCUT2D eigenvalue weighted by atomic mass is 10.0. The number of nitrogens with two attached hydrogens (primary N) is 2. The Hall–Kier alpha value is -4.75. The first-order chi connectivity index (χ1) is 20.0. The molecule has 4 amide bonds. The maximum Gasteiger partial charge on any atom is 0.326 e. The summed E-state index contributed by atoms with van der Waals surface area (Å²) in [5.41, 5.74) is 13.1. The Balaban J connectivity index is 1.90. The minimum atomic E-state index is -1.43. The quantitative estimate of drug-likeness (QED) is 0.116. The molecule has 10 N–H and O–H groups in total. The Morgan fingerprint density at radius 1 is 0.833 bits per heavy atom. The molecule has 0 bridgehead atoms. The van der Waals surface area contributed by atoms with Crippen LogP contribution in [0.1, 0.15) is 30.9 Å². The molecule has 3 rings (SSSR count). The molecule has 0 aliphatic rings. The summed E-state index contributed by atoms with van der Waals surface area (Å²) in [6.07, 6.45) is 0.00812. The van der Waals surface area contributed by atoms with Crippen LogP contribution in [0.3, 0.4) is 0 Å². The monoisotopic (exact) mass is 580 g/mol. The number of carboxylic acids is 1. The molecule has 2 aromatic carbocycles. The molecule has 0 aliphatic heterocycles. The molecule has 0 aliphatic carbocycles. The molecule has 224 valence electrons. The zero-order valence-electron chi connectivity index (χ0n) is 23.1. The lowest BCUT2D eigenvalue weighted by Crippen LogP contribution is -2.59. The number of fused-ring (bicyclic) bond motifs is 1. The number of hydrogen-bond donors (Lipinski definition) is 8. The van der Waals surface area contributed by atoms with E-state index in [0.717, 1.165) is 10.9 Å². The number of aliphatic hydroxyl groups is 1. The topological polar surface area (TPSA) is 230 Å². The SMILES string of the molecule is CC(O)C(N)C(=O)NC(Cc1ccccc1)C(=O)NC(Cc1c[nH]c2ccccc12)C(=O)NC(CCC(N)=O)C(=O)O. The highest BCUT2D eigenvalue weighted by molar-refractivity contribution is 5.95. The Morgan fingerprint density at radius 2 is 1.40 bits per heavy atom. The van der Waals surface area contributed by atoms with Crippen molar-refractivity contribution in [2.75, 3.05) is 0 Å². The number of benzene rings is 2. The molecule has 3 aromatic rings. The number of carbonyl (C=O) groups is 5. The van der Waals surface area contributed by atoms with Gasteiger partial charge in [0.25, 0.3) is 0 Å². The van der Waals surface area contributed by atoms with Crippen molar-refractivity contribution >= 4 is 40.5 Å². The van der Waals surface area contributed by atoms with Crippen LogP contribution in [0, 0.1) is 0 Å². The maximum atomic E-state index is 13.6. The maximum absolute atomic E-state index is 13.6. The summed E-state index contributed by atoms with van der Waals surface area (Å²) in [6, 6.07) is 11.0. The molecule has 42 heavy (non-hydrogen) atoms. The third-order valence-electron chi connectivity index (χ3n) is 6.76. The molecule has 5 unspecified atom stereocenters. The van der Waals surface area contributed by atoms with Crippen molar-refractivity contribution in [1.82, 2.24) is 20.9 Å². The Bertz CT molecular complexity index is 1410. The first-order valence-corrected chi connectivity index (χ1v) is 13.4. The number of carboxylic acid groups (broad SMARTS) is 1. The summed E-state index contributed by atoms with van der Waals surface area (Å²) in [6.45, 7) is 1.34. The summed E-state index contributed by atoms with van der Waals surface area (Å²) >= 11 is 0. The van der Waals surface area contributed by atoms with Crippen LogP contribution in [0.2, 0.25) is 0 Å². The number of hydrogen-bond acceptors (Lipinski definition) is 7. The first kappa shape index (κ1) is 31.8. The smallest absolute Gasteiger partial charge is 0.326 e. The predicted molar refractivity (Wildman–Crippen MR) is 154 cm³/mol. The van der Waals surface area contributed by atoms with E-state index in [0.29, 0.717) is 11.1 Å². The number of aromatic nitrogens is 1. The fourth-order valence-electron chi connectivity index (χ4n) is 4.36. The normalized spacial score (nSPS) is 14.6. The van der Waals surface area contributed by atoms with Crippen molar-refractivity contribution in [2.45, 2.75) is 62.9 Å². The van der Waals surface area contributed by atoms with Gasteiger partial charge in [-0.2, -0.15) is 0 Å². The summed E-state index contributed by atoms with van der Waals surface area (Å²) in [7, 11) is 0. The van der Waals surface area contributed by atoms with Crippen LogP contribution in [-0.4, -0.2) is 75.1 Å². The zero-order chi connectivity index (χ0) is 30.8. The second-order valence-corrected chi connectivity index (χ2v) is 10.0. The first-order valence-electron chi connectivity index (χ1n) is 13.4. The van der Waals surface area contributed by atoms with E-state index in [1.54, 1.807) is 36.5 Å². The standard InChI is InChI=1S/C29H36N6O7/c1-16(36)25(31)28(40)35-22(13-17-7-3-2-4-8-17)26(38)34-23(14-18-15-32-20-10-6-5-9-19(18)20)27(39)33-21(29(41)42)11-12-24(30)37/h2-10,15-16,21-23,25,32,36H,11-14,31H2,1H3,(H2,30,37)(H,33,39)(H,34,38)(H,35,40)(H,41,42). The van der Waals surface area contributed by atoms with E-state index in [2.05, 4.69) is 20.9 Å². The van der Waals surface area contributed by atoms with Crippen LogP contribution in [0.5, 0.6) is 0 Å². The Kier molecular flexibility index (Phi) is 11.2. The minimum absolute atomic E-state index is 0.0249. The van der Waals surface area contributed by atoms with Crippen molar-refractivity contribution < 1.29 is 34.2 Å². The van der Waals surface area contributed by atoms with Gasteiger partial charge in [0, 0.05) is 36.4 Å². The van der Waals surface area contributed by atoms with Gasteiger partial charge in [0.15, 0.2) is 0 Å². The summed E-state index contributed by atoms with van der Waals surface area (Å²) < 4.78 is 0. The fourth-order valence-corrected chi connectivity index (χ4v) is 4.36. The average Bonchev–Trinajstić information content (AvgIpc) is 3.36. The van der Waals surface area contributed by atoms with E-state index in [9.17, 15) is 34.2 Å². The lowest BCUT2D eigenvalue weighted by molar-refractivity contribution is -0.142. The van der Waals surface area contributed by atoms with Gasteiger partial charge in [-0.1, -0.05) is 48.5 Å². The van der Waals surface area contributed by atoms with Gasteiger partial charge in [-0.25, -0.2) is 4.79 Å².